The largest absolute Gasteiger partial charge is 0.383 e. The maximum absolute atomic E-state index is 12.1. The zero-order valence-electron chi connectivity index (χ0n) is 10.5. The van der Waals surface area contributed by atoms with Gasteiger partial charge in [0.1, 0.15) is 0 Å². The SMILES string of the molecule is COCCN(C)C(=O)C(C)N1CCNCC1. The van der Waals surface area contributed by atoms with E-state index in [-0.39, 0.29) is 11.9 Å². The maximum atomic E-state index is 12.1. The number of nitrogens with one attached hydrogen (secondary N) is 1. The minimum Gasteiger partial charge on any atom is -0.383 e. The normalized spacial score (nSPS) is 19.4. The van der Waals surface area contributed by atoms with Crippen molar-refractivity contribution in [1.82, 2.24) is 15.1 Å². The summed E-state index contributed by atoms with van der Waals surface area (Å²) >= 11 is 0. The van der Waals surface area contributed by atoms with Crippen LogP contribution in [0.15, 0.2) is 0 Å². The van der Waals surface area contributed by atoms with E-state index in [0.717, 1.165) is 26.2 Å². The molecule has 0 aromatic heterocycles. The van der Waals surface area contributed by atoms with E-state index >= 15 is 0 Å². The molecular weight excluding hydrogens is 206 g/mol. The van der Waals surface area contributed by atoms with Crippen LogP contribution in [0.4, 0.5) is 0 Å². The number of ether oxygens (including phenoxy) is 1. The van der Waals surface area contributed by atoms with Crippen molar-refractivity contribution < 1.29 is 9.53 Å². The van der Waals surface area contributed by atoms with Gasteiger partial charge in [-0.2, -0.15) is 0 Å². The van der Waals surface area contributed by atoms with Crippen molar-refractivity contribution in [3.8, 4) is 0 Å². The summed E-state index contributed by atoms with van der Waals surface area (Å²) in [5.74, 6) is 0.180. The number of rotatable bonds is 5. The minimum atomic E-state index is -0.0241. The molecule has 0 spiro atoms. The highest BCUT2D eigenvalue weighted by atomic mass is 16.5. The van der Waals surface area contributed by atoms with Crippen LogP contribution in [0.5, 0.6) is 0 Å². The Morgan fingerprint density at radius 1 is 1.50 bits per heavy atom. The molecule has 0 aromatic carbocycles. The highest BCUT2D eigenvalue weighted by molar-refractivity contribution is 5.81. The van der Waals surface area contributed by atoms with Gasteiger partial charge in [0.2, 0.25) is 5.91 Å². The molecule has 94 valence electrons. The van der Waals surface area contributed by atoms with Gasteiger partial charge in [0.25, 0.3) is 0 Å². The van der Waals surface area contributed by atoms with E-state index in [0.29, 0.717) is 13.2 Å². The third-order valence-electron chi connectivity index (χ3n) is 3.06. The average molecular weight is 229 g/mol. The first-order chi connectivity index (χ1) is 7.66. The van der Waals surface area contributed by atoms with Crippen LogP contribution in [-0.2, 0) is 9.53 Å². The third-order valence-corrected chi connectivity index (χ3v) is 3.06. The minimum absolute atomic E-state index is 0.0241. The molecule has 1 aliphatic heterocycles. The lowest BCUT2D eigenvalue weighted by Crippen LogP contribution is -2.53. The molecule has 1 amide bonds. The molecule has 0 saturated carbocycles. The van der Waals surface area contributed by atoms with Gasteiger partial charge in [-0.25, -0.2) is 0 Å². The number of methoxy groups -OCH3 is 1. The lowest BCUT2D eigenvalue weighted by atomic mass is 10.2. The highest BCUT2D eigenvalue weighted by Gasteiger charge is 2.24. The van der Waals surface area contributed by atoms with E-state index < -0.39 is 0 Å². The van der Waals surface area contributed by atoms with Crippen molar-refractivity contribution in [3.05, 3.63) is 0 Å². The van der Waals surface area contributed by atoms with Crippen LogP contribution in [-0.4, -0.2) is 75.2 Å². The van der Waals surface area contributed by atoms with Crippen LogP contribution in [0.25, 0.3) is 0 Å². The van der Waals surface area contributed by atoms with Crippen LogP contribution >= 0.6 is 0 Å². The Labute approximate surface area is 97.7 Å². The first-order valence-corrected chi connectivity index (χ1v) is 5.85. The van der Waals surface area contributed by atoms with Crippen molar-refractivity contribution in [3.63, 3.8) is 0 Å². The molecule has 5 nitrogen and oxygen atoms in total. The molecule has 0 aromatic rings. The molecule has 16 heavy (non-hydrogen) atoms. The van der Waals surface area contributed by atoms with Gasteiger partial charge in [0.05, 0.1) is 12.6 Å². The molecule has 1 aliphatic rings. The predicted molar refractivity (Wildman–Crippen MR) is 63.4 cm³/mol. The molecule has 1 N–H and O–H groups in total. The van der Waals surface area contributed by atoms with E-state index in [4.69, 9.17) is 4.74 Å². The van der Waals surface area contributed by atoms with Gasteiger partial charge in [-0.1, -0.05) is 0 Å². The lowest BCUT2D eigenvalue weighted by molar-refractivity contribution is -0.135. The second-order valence-corrected chi connectivity index (χ2v) is 4.21. The molecule has 1 unspecified atom stereocenters. The fraction of sp³-hybridized carbons (Fsp3) is 0.909. The van der Waals surface area contributed by atoms with Gasteiger partial charge >= 0.3 is 0 Å². The van der Waals surface area contributed by atoms with Crippen LogP contribution in [0.2, 0.25) is 0 Å². The number of amides is 1. The van der Waals surface area contributed by atoms with E-state index in [1.165, 1.54) is 0 Å². The quantitative estimate of drug-likeness (QED) is 0.683. The average Bonchev–Trinajstić information content (AvgIpc) is 2.35. The molecular formula is C11H23N3O2. The molecule has 1 fully saturated rings. The van der Waals surface area contributed by atoms with Gasteiger partial charge in [0, 0.05) is 46.9 Å². The van der Waals surface area contributed by atoms with Gasteiger partial charge in [-0.3, -0.25) is 9.69 Å². The number of hydrogen-bond acceptors (Lipinski definition) is 4. The summed E-state index contributed by atoms with van der Waals surface area (Å²) in [4.78, 5) is 16.0. The molecule has 0 aliphatic carbocycles. The van der Waals surface area contributed by atoms with E-state index in [1.807, 2.05) is 14.0 Å². The van der Waals surface area contributed by atoms with Crippen molar-refractivity contribution in [1.29, 1.82) is 0 Å². The molecule has 1 heterocycles. The summed E-state index contributed by atoms with van der Waals surface area (Å²) < 4.78 is 4.97. The Hall–Kier alpha value is -0.650. The van der Waals surface area contributed by atoms with Crippen LogP contribution < -0.4 is 5.32 Å². The molecule has 1 rings (SSSR count). The summed E-state index contributed by atoms with van der Waals surface area (Å²) in [6.07, 6.45) is 0. The molecule has 0 bridgehead atoms. The van der Waals surface area contributed by atoms with Crippen LogP contribution in [0.1, 0.15) is 6.92 Å². The summed E-state index contributed by atoms with van der Waals surface area (Å²) in [6.45, 7) is 7.08. The van der Waals surface area contributed by atoms with E-state index in [9.17, 15) is 4.79 Å². The van der Waals surface area contributed by atoms with Crippen molar-refractivity contribution in [2.75, 3.05) is 53.5 Å². The van der Waals surface area contributed by atoms with Crippen molar-refractivity contribution in [2.24, 2.45) is 0 Å². The van der Waals surface area contributed by atoms with Crippen LogP contribution in [0, 0.1) is 0 Å². The number of likely N-dealkylation sites (N-methyl/N-ethyl adjacent to an activating group) is 1. The Balaban J connectivity index is 2.38. The summed E-state index contributed by atoms with van der Waals surface area (Å²) in [5, 5.41) is 3.29. The molecule has 5 heteroatoms. The van der Waals surface area contributed by atoms with Crippen molar-refractivity contribution in [2.45, 2.75) is 13.0 Å². The Morgan fingerprint density at radius 2 is 2.12 bits per heavy atom. The second kappa shape index (κ2) is 6.83. The summed E-state index contributed by atoms with van der Waals surface area (Å²) in [7, 11) is 3.48. The third kappa shape index (κ3) is 3.73. The fourth-order valence-corrected chi connectivity index (χ4v) is 1.88. The summed E-state index contributed by atoms with van der Waals surface area (Å²) in [5.41, 5.74) is 0. The van der Waals surface area contributed by atoms with E-state index in [2.05, 4.69) is 10.2 Å². The predicted octanol–water partition coefficient (Wildman–Crippen LogP) is -0.615. The fourth-order valence-electron chi connectivity index (χ4n) is 1.88. The Bertz CT molecular complexity index is 217. The maximum Gasteiger partial charge on any atom is 0.239 e. The van der Waals surface area contributed by atoms with Gasteiger partial charge in [-0.05, 0) is 6.92 Å². The highest BCUT2D eigenvalue weighted by Crippen LogP contribution is 2.04. The zero-order chi connectivity index (χ0) is 12.0. The van der Waals surface area contributed by atoms with Crippen molar-refractivity contribution >= 4 is 5.91 Å². The van der Waals surface area contributed by atoms with Gasteiger partial charge in [0.15, 0.2) is 0 Å². The molecule has 1 atom stereocenters. The van der Waals surface area contributed by atoms with Crippen LogP contribution in [0.3, 0.4) is 0 Å². The lowest BCUT2D eigenvalue weighted by Gasteiger charge is -2.33. The monoisotopic (exact) mass is 229 g/mol. The van der Waals surface area contributed by atoms with Gasteiger partial charge < -0.3 is 15.0 Å². The topological polar surface area (TPSA) is 44.8 Å². The second-order valence-electron chi connectivity index (χ2n) is 4.21. The summed E-state index contributed by atoms with van der Waals surface area (Å²) in [6, 6.07) is -0.0241. The number of hydrogen-bond donors (Lipinski definition) is 1. The molecule has 1 saturated heterocycles. The number of carbonyl (C=O) groups excluding carboxylic acids is 1. The Kier molecular flexibility index (Phi) is 5.73. The number of carbonyl (C=O) groups is 1. The number of nitrogens with zero attached hydrogens (tertiary/aromatic N) is 2. The van der Waals surface area contributed by atoms with E-state index in [1.54, 1.807) is 12.0 Å². The molecule has 0 radical (unpaired) electrons. The zero-order valence-corrected chi connectivity index (χ0v) is 10.5. The first kappa shape index (κ1) is 13.4. The first-order valence-electron chi connectivity index (χ1n) is 5.85. The number of piperazine rings is 1. The smallest absolute Gasteiger partial charge is 0.239 e. The standard InChI is InChI=1S/C11H23N3O2/c1-10(14-6-4-12-5-7-14)11(15)13(2)8-9-16-3/h10,12H,4-9H2,1-3H3. The van der Waals surface area contributed by atoms with Gasteiger partial charge in [-0.15, -0.1) is 0 Å². The Morgan fingerprint density at radius 3 is 2.69 bits per heavy atom.